The summed E-state index contributed by atoms with van der Waals surface area (Å²) in [6.07, 6.45) is -1.52. The molecule has 2 unspecified atom stereocenters. The van der Waals surface area contributed by atoms with Crippen molar-refractivity contribution in [1.82, 2.24) is 15.5 Å². The normalized spacial score (nSPS) is 19.4. The predicted octanol–water partition coefficient (Wildman–Crippen LogP) is 3.82. The summed E-state index contributed by atoms with van der Waals surface area (Å²) in [5.41, 5.74) is 1.29. The number of guanidine groups is 1. The fourth-order valence-corrected chi connectivity index (χ4v) is 3.17. The van der Waals surface area contributed by atoms with Crippen LogP contribution in [0.15, 0.2) is 35.3 Å². The minimum atomic E-state index is -4.14. The molecule has 0 radical (unpaired) electrons. The largest absolute Gasteiger partial charge is 0.401 e. The van der Waals surface area contributed by atoms with Crippen molar-refractivity contribution in [2.45, 2.75) is 51.4 Å². The molecule has 1 saturated heterocycles. The van der Waals surface area contributed by atoms with Gasteiger partial charge in [-0.25, -0.2) is 0 Å². The minimum Gasteiger partial charge on any atom is -0.354 e. The van der Waals surface area contributed by atoms with Crippen molar-refractivity contribution in [1.29, 1.82) is 0 Å². The molecule has 8 heteroatoms. The van der Waals surface area contributed by atoms with E-state index >= 15 is 0 Å². The van der Waals surface area contributed by atoms with E-state index in [4.69, 9.17) is 0 Å². The lowest BCUT2D eigenvalue weighted by atomic mass is 10.1. The highest BCUT2D eigenvalue weighted by atomic mass is 127. The summed E-state index contributed by atoms with van der Waals surface area (Å²) in [6.45, 7) is 4.68. The summed E-state index contributed by atoms with van der Waals surface area (Å²) in [6, 6.07) is 10.5. The molecule has 1 aliphatic heterocycles. The molecule has 0 spiro atoms. The molecule has 1 heterocycles. The first-order valence-corrected chi connectivity index (χ1v) is 9.26. The number of halogens is 4. The zero-order valence-corrected chi connectivity index (χ0v) is 18.3. The Morgan fingerprint density at radius 3 is 2.63 bits per heavy atom. The second-order valence-electron chi connectivity index (χ2n) is 6.87. The van der Waals surface area contributed by atoms with Crippen LogP contribution in [0.3, 0.4) is 0 Å². The number of hydrogen-bond donors (Lipinski definition) is 2. The van der Waals surface area contributed by atoms with Crippen LogP contribution in [-0.2, 0) is 6.42 Å². The van der Waals surface area contributed by atoms with Crippen LogP contribution in [0.2, 0.25) is 0 Å². The number of likely N-dealkylation sites (tertiary alicyclic amines) is 1. The number of nitrogens with one attached hydrogen (secondary N) is 2. The lowest BCUT2D eigenvalue weighted by molar-refractivity contribution is -0.143. The highest BCUT2D eigenvalue weighted by molar-refractivity contribution is 14.0. The van der Waals surface area contributed by atoms with Crippen LogP contribution in [0.1, 0.15) is 32.3 Å². The topological polar surface area (TPSA) is 39.7 Å². The van der Waals surface area contributed by atoms with E-state index in [0.717, 1.165) is 12.8 Å². The predicted molar refractivity (Wildman–Crippen MR) is 115 cm³/mol. The summed E-state index contributed by atoms with van der Waals surface area (Å²) in [7, 11) is 0. The quantitative estimate of drug-likeness (QED) is 0.341. The van der Waals surface area contributed by atoms with Gasteiger partial charge in [0, 0.05) is 31.7 Å². The van der Waals surface area contributed by atoms with Crippen LogP contribution in [-0.4, -0.2) is 55.3 Å². The molecule has 1 aliphatic rings. The SMILES string of the molecule is CCN=C(NC(C)CCc1ccccc1)NC1CCN(CC(F)(F)F)C1.I. The molecule has 1 aromatic carbocycles. The third-order valence-corrected chi connectivity index (χ3v) is 4.42. The minimum absolute atomic E-state index is 0. The van der Waals surface area contributed by atoms with Gasteiger partial charge in [0.2, 0.25) is 0 Å². The van der Waals surface area contributed by atoms with Gasteiger partial charge in [0.25, 0.3) is 0 Å². The van der Waals surface area contributed by atoms with Gasteiger partial charge >= 0.3 is 6.18 Å². The van der Waals surface area contributed by atoms with Gasteiger partial charge in [0.05, 0.1) is 6.54 Å². The Balaban J connectivity index is 0.00000364. The number of nitrogens with zero attached hydrogens (tertiary/aromatic N) is 2. The highest BCUT2D eigenvalue weighted by Gasteiger charge is 2.34. The first-order chi connectivity index (χ1) is 12.4. The summed E-state index contributed by atoms with van der Waals surface area (Å²) in [4.78, 5) is 5.88. The van der Waals surface area contributed by atoms with Crippen molar-refractivity contribution < 1.29 is 13.2 Å². The van der Waals surface area contributed by atoms with Gasteiger partial charge in [-0.2, -0.15) is 13.2 Å². The van der Waals surface area contributed by atoms with E-state index in [-0.39, 0.29) is 36.1 Å². The summed E-state index contributed by atoms with van der Waals surface area (Å²) in [5, 5.41) is 6.67. The second-order valence-corrected chi connectivity index (χ2v) is 6.87. The molecule has 27 heavy (non-hydrogen) atoms. The van der Waals surface area contributed by atoms with E-state index in [1.165, 1.54) is 10.5 Å². The van der Waals surface area contributed by atoms with Gasteiger partial charge in [-0.1, -0.05) is 30.3 Å². The maximum Gasteiger partial charge on any atom is 0.401 e. The average Bonchev–Trinajstić information content (AvgIpc) is 2.99. The zero-order chi connectivity index (χ0) is 19.0. The summed E-state index contributed by atoms with van der Waals surface area (Å²) in [5.74, 6) is 0.687. The van der Waals surface area contributed by atoms with Gasteiger partial charge < -0.3 is 10.6 Å². The Morgan fingerprint density at radius 1 is 1.30 bits per heavy atom. The van der Waals surface area contributed by atoms with Crippen LogP contribution in [0.25, 0.3) is 0 Å². The molecule has 2 N–H and O–H groups in total. The van der Waals surface area contributed by atoms with Crippen molar-refractivity contribution in [3.8, 4) is 0 Å². The van der Waals surface area contributed by atoms with E-state index in [1.807, 2.05) is 25.1 Å². The Morgan fingerprint density at radius 2 is 2.00 bits per heavy atom. The third-order valence-electron chi connectivity index (χ3n) is 4.42. The molecule has 154 valence electrons. The Bertz CT molecular complexity index is 566. The number of aliphatic imine (C=N–C) groups is 1. The van der Waals surface area contributed by atoms with Gasteiger partial charge in [-0.3, -0.25) is 9.89 Å². The summed E-state index contributed by atoms with van der Waals surface area (Å²) >= 11 is 0. The lowest BCUT2D eigenvalue weighted by Gasteiger charge is -2.22. The molecule has 1 fully saturated rings. The molecule has 0 aromatic heterocycles. The van der Waals surface area contributed by atoms with Crippen LogP contribution in [0.5, 0.6) is 0 Å². The number of rotatable bonds is 7. The monoisotopic (exact) mass is 498 g/mol. The molecular formula is C19H30F3IN4. The fraction of sp³-hybridized carbons (Fsp3) is 0.632. The van der Waals surface area contributed by atoms with E-state index in [0.29, 0.717) is 32.0 Å². The molecule has 0 aliphatic carbocycles. The lowest BCUT2D eigenvalue weighted by Crippen LogP contribution is -2.48. The number of alkyl halides is 3. The van der Waals surface area contributed by atoms with Crippen molar-refractivity contribution in [3.05, 3.63) is 35.9 Å². The summed E-state index contributed by atoms with van der Waals surface area (Å²) < 4.78 is 37.5. The maximum absolute atomic E-state index is 12.5. The molecule has 2 atom stereocenters. The molecule has 0 saturated carbocycles. The van der Waals surface area contributed by atoms with Crippen molar-refractivity contribution in [2.24, 2.45) is 4.99 Å². The molecule has 0 bridgehead atoms. The van der Waals surface area contributed by atoms with E-state index in [9.17, 15) is 13.2 Å². The molecule has 4 nitrogen and oxygen atoms in total. The number of hydrogen-bond acceptors (Lipinski definition) is 2. The van der Waals surface area contributed by atoms with Crippen molar-refractivity contribution in [3.63, 3.8) is 0 Å². The zero-order valence-electron chi connectivity index (χ0n) is 15.9. The smallest absolute Gasteiger partial charge is 0.354 e. The van der Waals surface area contributed by atoms with Gasteiger partial charge in [0.1, 0.15) is 0 Å². The molecule has 2 rings (SSSR count). The van der Waals surface area contributed by atoms with Crippen LogP contribution in [0, 0.1) is 0 Å². The van der Waals surface area contributed by atoms with Gasteiger partial charge in [-0.15, -0.1) is 24.0 Å². The van der Waals surface area contributed by atoms with Gasteiger partial charge in [-0.05, 0) is 38.7 Å². The van der Waals surface area contributed by atoms with E-state index in [1.54, 1.807) is 0 Å². The fourth-order valence-electron chi connectivity index (χ4n) is 3.17. The Kier molecular flexibility index (Phi) is 10.4. The van der Waals surface area contributed by atoms with Crippen molar-refractivity contribution >= 4 is 29.9 Å². The second kappa shape index (κ2) is 11.7. The third kappa shape index (κ3) is 9.64. The molecule has 1 aromatic rings. The van der Waals surface area contributed by atoms with Crippen LogP contribution in [0.4, 0.5) is 13.2 Å². The number of benzene rings is 1. The highest BCUT2D eigenvalue weighted by Crippen LogP contribution is 2.19. The van der Waals surface area contributed by atoms with Crippen LogP contribution >= 0.6 is 24.0 Å². The van der Waals surface area contributed by atoms with E-state index in [2.05, 4.69) is 34.7 Å². The van der Waals surface area contributed by atoms with E-state index < -0.39 is 12.7 Å². The molecule has 0 amide bonds. The van der Waals surface area contributed by atoms with Crippen molar-refractivity contribution in [2.75, 3.05) is 26.2 Å². The first-order valence-electron chi connectivity index (χ1n) is 9.26. The standard InChI is InChI=1S/C19H29F3N4.HI/c1-3-23-18(24-15(2)9-10-16-7-5-4-6-8-16)25-17-11-12-26(13-17)14-19(20,21)22;/h4-8,15,17H,3,9-14H2,1-2H3,(H2,23,24,25);1H. The Labute approximate surface area is 177 Å². The van der Waals surface area contributed by atoms with Gasteiger partial charge in [0.15, 0.2) is 5.96 Å². The van der Waals surface area contributed by atoms with Crippen LogP contribution < -0.4 is 10.6 Å². The number of aryl methyl sites for hydroxylation is 1. The molecular weight excluding hydrogens is 468 g/mol. The Hall–Kier alpha value is -1.03. The first kappa shape index (κ1) is 24.0. The maximum atomic E-state index is 12.5. The average molecular weight is 498 g/mol.